The summed E-state index contributed by atoms with van der Waals surface area (Å²) < 4.78 is 0.910. The number of carboxylic acid groups (broad SMARTS) is 1. The number of hydrogen-bond acceptors (Lipinski definition) is 4. The first-order valence-corrected chi connectivity index (χ1v) is 7.37. The molecule has 0 aromatic carbocycles. The third kappa shape index (κ3) is 4.59. The van der Waals surface area contributed by atoms with Crippen LogP contribution in [0.3, 0.4) is 0 Å². The molecule has 1 aromatic rings. The number of halogens is 1. The van der Waals surface area contributed by atoms with Crippen molar-refractivity contribution in [3.8, 4) is 0 Å². The van der Waals surface area contributed by atoms with E-state index in [1.54, 1.807) is 13.1 Å². The van der Waals surface area contributed by atoms with Crippen LogP contribution in [0, 0.1) is 0 Å². The van der Waals surface area contributed by atoms with E-state index in [0.29, 0.717) is 5.75 Å². The van der Waals surface area contributed by atoms with Gasteiger partial charge in [-0.3, -0.25) is 10.1 Å². The van der Waals surface area contributed by atoms with Gasteiger partial charge in [0.15, 0.2) is 0 Å². The highest BCUT2D eigenvalue weighted by Crippen LogP contribution is 2.22. The number of aromatic nitrogens is 1. The molecule has 0 amide bonds. The second kappa shape index (κ2) is 6.54. The molecule has 0 bridgehead atoms. The average Bonchev–Trinajstić information content (AvgIpc) is 2.27. The van der Waals surface area contributed by atoms with Gasteiger partial charge >= 0.3 is 5.97 Å². The summed E-state index contributed by atoms with van der Waals surface area (Å²) in [7, 11) is 0. The monoisotopic (exact) mass is 332 g/mol. The van der Waals surface area contributed by atoms with Crippen LogP contribution in [0.15, 0.2) is 27.8 Å². The van der Waals surface area contributed by atoms with E-state index >= 15 is 0 Å². The molecular formula is C12H17BrN2O2S. The first-order valence-electron chi connectivity index (χ1n) is 5.59. The number of nitrogens with zero attached hydrogens (tertiary/aromatic N) is 1. The standard InChI is InChI=1S/C12H17BrN2O2S/c1-8(2)15-12(3,11(16)17)7-18-10-5-4-9(13)6-14-10/h4-6,8,15H,7H2,1-3H3,(H,16,17). The maximum atomic E-state index is 11.3. The average molecular weight is 333 g/mol. The van der Waals surface area contributed by atoms with E-state index in [9.17, 15) is 9.90 Å². The number of thioether (sulfide) groups is 1. The van der Waals surface area contributed by atoms with Crippen LogP contribution in [-0.2, 0) is 4.79 Å². The molecule has 0 saturated carbocycles. The Balaban J connectivity index is 2.68. The Morgan fingerprint density at radius 2 is 2.28 bits per heavy atom. The van der Waals surface area contributed by atoms with Crippen LogP contribution in [0.4, 0.5) is 0 Å². The highest BCUT2D eigenvalue weighted by molar-refractivity contribution is 9.10. The molecule has 100 valence electrons. The summed E-state index contributed by atoms with van der Waals surface area (Å²) >= 11 is 4.74. The zero-order valence-corrected chi connectivity index (χ0v) is 13.0. The smallest absolute Gasteiger partial charge is 0.324 e. The Hall–Kier alpha value is -0.590. The molecule has 1 heterocycles. The van der Waals surface area contributed by atoms with Crippen LogP contribution in [-0.4, -0.2) is 33.4 Å². The summed E-state index contributed by atoms with van der Waals surface area (Å²) in [6.45, 7) is 5.56. The minimum atomic E-state index is -0.951. The van der Waals surface area contributed by atoms with Crippen molar-refractivity contribution in [2.75, 3.05) is 5.75 Å². The van der Waals surface area contributed by atoms with Gasteiger partial charge in [-0.25, -0.2) is 4.98 Å². The summed E-state index contributed by atoms with van der Waals surface area (Å²) in [4.78, 5) is 15.5. The first kappa shape index (κ1) is 15.5. The molecule has 0 saturated heterocycles. The quantitative estimate of drug-likeness (QED) is 0.784. The van der Waals surface area contributed by atoms with Gasteiger partial charge in [-0.2, -0.15) is 0 Å². The van der Waals surface area contributed by atoms with Gasteiger partial charge in [-0.05, 0) is 48.8 Å². The lowest BCUT2D eigenvalue weighted by molar-refractivity contribution is -0.143. The second-order valence-electron chi connectivity index (χ2n) is 4.54. The predicted octanol–water partition coefficient (Wildman–Crippen LogP) is 2.78. The second-order valence-corrected chi connectivity index (χ2v) is 6.45. The van der Waals surface area contributed by atoms with Gasteiger partial charge in [-0.1, -0.05) is 0 Å². The zero-order chi connectivity index (χ0) is 13.8. The molecule has 0 radical (unpaired) electrons. The van der Waals surface area contributed by atoms with Crippen molar-refractivity contribution in [1.29, 1.82) is 0 Å². The molecule has 1 unspecified atom stereocenters. The summed E-state index contributed by atoms with van der Waals surface area (Å²) in [5.41, 5.74) is -0.951. The zero-order valence-electron chi connectivity index (χ0n) is 10.6. The molecule has 0 aliphatic heterocycles. The van der Waals surface area contributed by atoms with E-state index in [-0.39, 0.29) is 6.04 Å². The number of carbonyl (C=O) groups is 1. The molecule has 1 aromatic heterocycles. The van der Waals surface area contributed by atoms with Crippen LogP contribution in [0.1, 0.15) is 20.8 Å². The van der Waals surface area contributed by atoms with Crippen molar-refractivity contribution in [1.82, 2.24) is 10.3 Å². The van der Waals surface area contributed by atoms with Crippen LogP contribution >= 0.6 is 27.7 Å². The molecular weight excluding hydrogens is 316 g/mol. The molecule has 1 atom stereocenters. The molecule has 6 heteroatoms. The van der Waals surface area contributed by atoms with Gasteiger partial charge in [0, 0.05) is 22.5 Å². The van der Waals surface area contributed by atoms with E-state index in [1.165, 1.54) is 11.8 Å². The maximum Gasteiger partial charge on any atom is 0.324 e. The molecule has 1 rings (SSSR count). The SMILES string of the molecule is CC(C)NC(C)(CSc1ccc(Br)cn1)C(=O)O. The Kier molecular flexibility index (Phi) is 5.62. The van der Waals surface area contributed by atoms with E-state index in [2.05, 4.69) is 26.2 Å². The number of carboxylic acids is 1. The van der Waals surface area contributed by atoms with Gasteiger partial charge in [0.2, 0.25) is 0 Å². The van der Waals surface area contributed by atoms with Crippen LogP contribution in [0.5, 0.6) is 0 Å². The minimum absolute atomic E-state index is 0.115. The topological polar surface area (TPSA) is 62.2 Å². The fourth-order valence-corrected chi connectivity index (χ4v) is 2.64. The Morgan fingerprint density at radius 1 is 1.61 bits per heavy atom. The van der Waals surface area contributed by atoms with Crippen LogP contribution in [0.2, 0.25) is 0 Å². The van der Waals surface area contributed by atoms with Gasteiger partial charge in [-0.15, -0.1) is 11.8 Å². The van der Waals surface area contributed by atoms with Crippen molar-refractivity contribution in [2.45, 2.75) is 37.4 Å². The molecule has 0 aliphatic rings. The molecule has 18 heavy (non-hydrogen) atoms. The highest BCUT2D eigenvalue weighted by Gasteiger charge is 2.33. The van der Waals surface area contributed by atoms with E-state index in [0.717, 1.165) is 9.50 Å². The largest absolute Gasteiger partial charge is 0.480 e. The lowest BCUT2D eigenvalue weighted by atomic mass is 10.1. The van der Waals surface area contributed by atoms with Crippen LogP contribution in [0.25, 0.3) is 0 Å². The minimum Gasteiger partial charge on any atom is -0.480 e. The summed E-state index contributed by atoms with van der Waals surface area (Å²) in [5.74, 6) is -0.421. The van der Waals surface area contributed by atoms with Crippen molar-refractivity contribution < 1.29 is 9.90 Å². The van der Waals surface area contributed by atoms with Gasteiger partial charge in [0.05, 0.1) is 5.03 Å². The molecule has 0 spiro atoms. The summed E-state index contributed by atoms with van der Waals surface area (Å²) in [5, 5.41) is 13.2. The highest BCUT2D eigenvalue weighted by atomic mass is 79.9. The van der Waals surface area contributed by atoms with E-state index in [4.69, 9.17) is 0 Å². The summed E-state index contributed by atoms with van der Waals surface area (Å²) in [6, 6.07) is 3.87. The molecule has 0 fully saturated rings. The number of hydrogen-bond donors (Lipinski definition) is 2. The lowest BCUT2D eigenvalue weighted by Crippen LogP contribution is -2.54. The fourth-order valence-electron chi connectivity index (χ4n) is 1.47. The number of nitrogens with one attached hydrogen (secondary N) is 1. The third-order valence-corrected chi connectivity index (χ3v) is 4.02. The van der Waals surface area contributed by atoms with Crippen molar-refractivity contribution in [3.63, 3.8) is 0 Å². The molecule has 2 N–H and O–H groups in total. The van der Waals surface area contributed by atoms with E-state index < -0.39 is 11.5 Å². The van der Waals surface area contributed by atoms with Crippen molar-refractivity contribution in [3.05, 3.63) is 22.8 Å². The Labute approximate surface area is 120 Å². The lowest BCUT2D eigenvalue weighted by Gasteiger charge is -2.28. The van der Waals surface area contributed by atoms with Gasteiger partial charge in [0.1, 0.15) is 5.54 Å². The Bertz CT molecular complexity index is 411. The molecule has 4 nitrogen and oxygen atoms in total. The maximum absolute atomic E-state index is 11.3. The third-order valence-electron chi connectivity index (χ3n) is 2.29. The van der Waals surface area contributed by atoms with E-state index in [1.807, 2.05) is 26.0 Å². The number of rotatable bonds is 6. The molecule has 0 aliphatic carbocycles. The first-order chi connectivity index (χ1) is 8.33. The fraction of sp³-hybridized carbons (Fsp3) is 0.500. The summed E-state index contributed by atoms with van der Waals surface area (Å²) in [6.07, 6.45) is 1.70. The van der Waals surface area contributed by atoms with Gasteiger partial charge in [0.25, 0.3) is 0 Å². The van der Waals surface area contributed by atoms with Crippen LogP contribution < -0.4 is 5.32 Å². The predicted molar refractivity (Wildman–Crippen MR) is 77.0 cm³/mol. The van der Waals surface area contributed by atoms with Gasteiger partial charge < -0.3 is 5.11 Å². The number of pyridine rings is 1. The normalized spacial score (nSPS) is 14.5. The Morgan fingerprint density at radius 3 is 2.72 bits per heavy atom. The van der Waals surface area contributed by atoms with Crippen molar-refractivity contribution in [2.24, 2.45) is 0 Å². The van der Waals surface area contributed by atoms with Crippen molar-refractivity contribution >= 4 is 33.7 Å². The number of aliphatic carboxylic acids is 1.